The third kappa shape index (κ3) is 20.7. The molecule has 0 N–H and O–H groups in total. The van der Waals surface area contributed by atoms with E-state index < -0.39 is 11.8 Å². The summed E-state index contributed by atoms with van der Waals surface area (Å²) in [7, 11) is 1.96. The fourth-order valence-electron chi connectivity index (χ4n) is 7.86. The normalized spacial score (nSPS) is 15.8. The predicted molar refractivity (Wildman–Crippen MR) is 222 cm³/mol. The van der Waals surface area contributed by atoms with Gasteiger partial charge in [-0.25, -0.2) is 9.36 Å². The fourth-order valence-corrected chi connectivity index (χ4v) is 7.86. The zero-order valence-electron chi connectivity index (χ0n) is 35.2. The first-order valence-electron chi connectivity index (χ1n) is 22.5. The van der Waals surface area contributed by atoms with Crippen LogP contribution in [0.15, 0.2) is 40.8 Å². The van der Waals surface area contributed by atoms with Crippen molar-refractivity contribution in [1.82, 2.24) is 0 Å². The van der Waals surface area contributed by atoms with Crippen LogP contribution in [0.1, 0.15) is 219 Å². The lowest BCUT2D eigenvalue weighted by molar-refractivity contribution is -0.672. The zero-order chi connectivity index (χ0) is 38.4. The van der Waals surface area contributed by atoms with Gasteiger partial charge in [0.1, 0.15) is 13.0 Å². The molecular weight excluding hydrogens is 657 g/mol. The lowest BCUT2D eigenvalue weighted by atomic mass is 9.76. The van der Waals surface area contributed by atoms with Gasteiger partial charge in [-0.3, -0.25) is 9.79 Å². The molecule has 53 heavy (non-hydrogen) atoms. The topological polar surface area (TPSA) is 68.8 Å². The van der Waals surface area contributed by atoms with Crippen LogP contribution in [0.3, 0.4) is 0 Å². The van der Waals surface area contributed by atoms with Crippen LogP contribution in [0.5, 0.6) is 0 Å². The van der Waals surface area contributed by atoms with Gasteiger partial charge in [0.15, 0.2) is 12.4 Å². The predicted octanol–water partition coefficient (Wildman–Crippen LogP) is 13.0. The van der Waals surface area contributed by atoms with Crippen molar-refractivity contribution in [3.8, 4) is 0 Å². The minimum atomic E-state index is -0.656. The Hall–Kier alpha value is -2.50. The number of allylic oxidation sites excluding steroid dienone is 1. The molecule has 1 aromatic rings. The molecule has 6 heteroatoms. The Kier molecular flexibility index (Phi) is 27.1. The average Bonchev–Trinajstić information content (AvgIpc) is 3.14. The minimum Gasteiger partial charge on any atom is -0.465 e. The molecule has 0 saturated carbocycles. The maximum absolute atomic E-state index is 13.7. The molecule has 0 saturated heterocycles. The van der Waals surface area contributed by atoms with E-state index in [0.717, 1.165) is 31.2 Å². The van der Waals surface area contributed by atoms with E-state index in [0.29, 0.717) is 30.2 Å². The highest BCUT2D eigenvalue weighted by Crippen LogP contribution is 2.40. The molecule has 0 bridgehead atoms. The van der Waals surface area contributed by atoms with Gasteiger partial charge in [-0.1, -0.05) is 181 Å². The summed E-state index contributed by atoms with van der Waals surface area (Å²) in [5.74, 6) is -1.82. The van der Waals surface area contributed by atoms with Crippen LogP contribution in [0.2, 0.25) is 0 Å². The smallest absolute Gasteiger partial charge is 0.336 e. The summed E-state index contributed by atoms with van der Waals surface area (Å²) in [5, 5.41) is 0. The van der Waals surface area contributed by atoms with E-state index in [4.69, 9.17) is 14.5 Å². The first-order chi connectivity index (χ1) is 25.9. The fraction of sp³-hybridized carbons (Fsp3) is 0.787. The second-order valence-electron chi connectivity index (χ2n) is 16.0. The maximum Gasteiger partial charge on any atom is 0.336 e. The Bertz CT molecular complexity index is 1170. The number of nitrogens with zero attached hydrogens (tertiary/aromatic N) is 2. The van der Waals surface area contributed by atoms with Crippen LogP contribution >= 0.6 is 0 Å². The number of aliphatic imine (C=N–C) groups is 1. The lowest BCUT2D eigenvalue weighted by Crippen LogP contribution is -2.38. The molecule has 2 atom stereocenters. The number of esters is 2. The Labute approximate surface area is 326 Å². The van der Waals surface area contributed by atoms with E-state index in [1.54, 1.807) is 0 Å². The molecule has 0 amide bonds. The minimum absolute atomic E-state index is 0.303. The van der Waals surface area contributed by atoms with Crippen molar-refractivity contribution in [2.75, 3.05) is 13.2 Å². The van der Waals surface area contributed by atoms with Crippen molar-refractivity contribution in [2.45, 2.75) is 213 Å². The third-order valence-corrected chi connectivity index (χ3v) is 11.1. The standard InChI is InChI=1S/C47H81N2O4/c1-6-8-10-12-14-16-18-20-22-24-26-28-30-32-37-52-46(50)43-40(3)48-41(4)44(45(43)42-35-34-36-49(5)39-42)47(51)53-38-33-31-29-27-25-23-21-19-17-15-13-11-9-7-2/h34-36,39,43,45H,6-33,37-38H2,1-5H3/q+1. The zero-order valence-corrected chi connectivity index (χ0v) is 35.2. The highest BCUT2D eigenvalue weighted by molar-refractivity contribution is 6.07. The van der Waals surface area contributed by atoms with E-state index >= 15 is 0 Å². The number of unbranched alkanes of at least 4 members (excludes halogenated alkanes) is 26. The first-order valence-corrected chi connectivity index (χ1v) is 22.5. The quantitative estimate of drug-likeness (QED) is 0.0409. The Morgan fingerprint density at radius 3 is 1.42 bits per heavy atom. The molecule has 0 aromatic carbocycles. The molecule has 0 radical (unpaired) electrons. The summed E-state index contributed by atoms with van der Waals surface area (Å²) in [5.41, 5.74) is 2.69. The summed E-state index contributed by atoms with van der Waals surface area (Å²) in [6.07, 6.45) is 40.0. The molecule has 0 spiro atoms. The van der Waals surface area contributed by atoms with Gasteiger partial charge in [-0.2, -0.15) is 0 Å². The van der Waals surface area contributed by atoms with Gasteiger partial charge >= 0.3 is 11.9 Å². The third-order valence-electron chi connectivity index (χ3n) is 11.1. The number of carbonyl (C=O) groups excluding carboxylic acids is 2. The monoisotopic (exact) mass is 738 g/mol. The van der Waals surface area contributed by atoms with Gasteiger partial charge < -0.3 is 9.47 Å². The van der Waals surface area contributed by atoms with Crippen LogP contribution in [0.4, 0.5) is 0 Å². The SMILES string of the molecule is CCCCCCCCCCCCCCCCOC(=O)C1=C(C)N=C(C)C(C(=O)OCCCCCCCCCCCCCCCC)C1c1ccc[n+](C)c1. The van der Waals surface area contributed by atoms with Crippen molar-refractivity contribution < 1.29 is 23.6 Å². The number of hydrogen-bond donors (Lipinski definition) is 0. The van der Waals surface area contributed by atoms with Gasteiger partial charge in [0.2, 0.25) is 0 Å². The van der Waals surface area contributed by atoms with Gasteiger partial charge in [0.05, 0.1) is 18.8 Å². The molecule has 6 nitrogen and oxygen atoms in total. The van der Waals surface area contributed by atoms with Crippen LogP contribution in [0.25, 0.3) is 0 Å². The number of aryl methyl sites for hydroxylation is 1. The molecule has 2 rings (SSSR count). The number of aromatic nitrogens is 1. The van der Waals surface area contributed by atoms with E-state index in [9.17, 15) is 9.59 Å². The summed E-state index contributed by atoms with van der Waals surface area (Å²) >= 11 is 0. The van der Waals surface area contributed by atoms with E-state index in [1.165, 1.54) is 154 Å². The summed E-state index contributed by atoms with van der Waals surface area (Å²) in [6.45, 7) is 9.08. The number of hydrogen-bond acceptors (Lipinski definition) is 5. The van der Waals surface area contributed by atoms with Crippen molar-refractivity contribution in [3.05, 3.63) is 41.4 Å². The van der Waals surface area contributed by atoms with Crippen molar-refractivity contribution >= 4 is 17.7 Å². The van der Waals surface area contributed by atoms with E-state index in [1.807, 2.05) is 50.0 Å². The number of ether oxygens (including phenoxy) is 2. The summed E-state index contributed by atoms with van der Waals surface area (Å²) in [6, 6.07) is 3.95. The Balaban J connectivity index is 1.75. The van der Waals surface area contributed by atoms with Crippen LogP contribution < -0.4 is 4.57 Å². The average molecular weight is 738 g/mol. The van der Waals surface area contributed by atoms with E-state index in [-0.39, 0.29) is 11.9 Å². The van der Waals surface area contributed by atoms with Crippen molar-refractivity contribution in [2.24, 2.45) is 18.0 Å². The summed E-state index contributed by atoms with van der Waals surface area (Å²) in [4.78, 5) is 32.1. The van der Waals surface area contributed by atoms with Crippen LogP contribution in [-0.4, -0.2) is 30.9 Å². The van der Waals surface area contributed by atoms with Gasteiger partial charge in [0.25, 0.3) is 0 Å². The first kappa shape index (κ1) is 46.7. The van der Waals surface area contributed by atoms with Crippen molar-refractivity contribution in [3.63, 3.8) is 0 Å². The number of rotatable bonds is 33. The molecule has 0 aliphatic carbocycles. The molecule has 302 valence electrons. The maximum atomic E-state index is 13.7. The van der Waals surface area contributed by atoms with Gasteiger partial charge in [-0.15, -0.1) is 0 Å². The number of pyridine rings is 1. The van der Waals surface area contributed by atoms with Gasteiger partial charge in [-0.05, 0) is 32.8 Å². The highest BCUT2D eigenvalue weighted by Gasteiger charge is 2.43. The summed E-state index contributed by atoms with van der Waals surface area (Å²) < 4.78 is 13.7. The second kappa shape index (κ2) is 30.8. The second-order valence-corrected chi connectivity index (χ2v) is 16.0. The molecule has 2 unspecified atom stereocenters. The molecule has 0 fully saturated rings. The lowest BCUT2D eigenvalue weighted by Gasteiger charge is -2.31. The van der Waals surface area contributed by atoms with Gasteiger partial charge in [0, 0.05) is 29.0 Å². The highest BCUT2D eigenvalue weighted by atomic mass is 16.5. The molecule has 2 heterocycles. The van der Waals surface area contributed by atoms with E-state index in [2.05, 4.69) is 13.8 Å². The van der Waals surface area contributed by atoms with Crippen LogP contribution in [-0.2, 0) is 26.1 Å². The van der Waals surface area contributed by atoms with Crippen LogP contribution in [0, 0.1) is 5.92 Å². The molecule has 1 aliphatic heterocycles. The Morgan fingerprint density at radius 1 is 0.604 bits per heavy atom. The molecule has 1 aromatic heterocycles. The molecular formula is C47H81N2O4+. The largest absolute Gasteiger partial charge is 0.465 e. The van der Waals surface area contributed by atoms with Crippen molar-refractivity contribution in [1.29, 1.82) is 0 Å². The number of carbonyl (C=O) groups is 2. The Morgan fingerprint density at radius 2 is 1.00 bits per heavy atom. The molecule has 1 aliphatic rings.